The Kier molecular flexibility index (Phi) is 20.7. The Morgan fingerprint density at radius 3 is 1.94 bits per heavy atom. The van der Waals surface area contributed by atoms with E-state index in [1.807, 2.05) is 13.8 Å². The first-order chi connectivity index (χ1) is 16.6. The first kappa shape index (κ1) is 36.5. The van der Waals surface area contributed by atoms with Crippen LogP contribution < -0.4 is 34.5 Å². The molecule has 0 spiro atoms. The molecule has 2 aromatic carbocycles. The number of anilines is 1. The molecule has 4 heteroatoms. The Balaban J connectivity index is 0. The maximum Gasteiger partial charge on any atom is 1.00 e. The predicted octanol–water partition coefficient (Wildman–Crippen LogP) is 4.38. The van der Waals surface area contributed by atoms with E-state index in [0.717, 1.165) is 46.1 Å². The van der Waals surface area contributed by atoms with E-state index in [1.165, 1.54) is 39.2 Å². The fourth-order valence-corrected chi connectivity index (χ4v) is 4.39. The molecule has 0 saturated heterocycles. The Bertz CT molecular complexity index is 948. The van der Waals surface area contributed by atoms with Gasteiger partial charge in [-0.1, -0.05) is 55.7 Å². The summed E-state index contributed by atoms with van der Waals surface area (Å²) in [5, 5.41) is 7.00. The quantitative estimate of drug-likeness (QED) is 0.347. The molecule has 1 aliphatic carbocycles. The van der Waals surface area contributed by atoms with Gasteiger partial charge in [-0.05, 0) is 46.2 Å². The number of aryl methyl sites for hydroxylation is 1. The van der Waals surface area contributed by atoms with Crippen molar-refractivity contribution in [3.05, 3.63) is 90.4 Å². The molecular weight excluding hydrogens is 451 g/mol. The van der Waals surface area contributed by atoms with Gasteiger partial charge in [-0.15, -0.1) is 35.4 Å². The van der Waals surface area contributed by atoms with E-state index >= 15 is 0 Å². The van der Waals surface area contributed by atoms with E-state index < -0.39 is 0 Å². The zero-order chi connectivity index (χ0) is 25.5. The Hall–Kier alpha value is -1.65. The second-order valence-electron chi connectivity index (χ2n) is 7.90. The summed E-state index contributed by atoms with van der Waals surface area (Å²) in [6.07, 6.45) is 6.82. The average molecular weight is 501 g/mol. The van der Waals surface area contributed by atoms with Gasteiger partial charge in [-0.25, -0.2) is 4.58 Å². The number of aliphatic hydroxyl groups is 1. The second-order valence-corrected chi connectivity index (χ2v) is 7.90. The predicted molar refractivity (Wildman–Crippen MR) is 157 cm³/mol. The van der Waals surface area contributed by atoms with Crippen LogP contribution in [-0.2, 0) is 0 Å². The first-order valence-electron chi connectivity index (χ1n) is 12.9. The standard InChI is InChI=1S/C28H36N2.C2H6.CH4O.CH3.Na/c1-6-29(7-2)26-17-13-23(14-18-26)28(25-12-10-11-22(5)21-25)24-15-19-27(20-16-24)30(8-3)9-4;2*1-2;;/h10-11,13-15,17-19,21H,6-9,16,20H2,1-5H3;1-2H3;2H,1H3;1H3;/q;;;-1;+1. The summed E-state index contributed by atoms with van der Waals surface area (Å²) in [5.74, 6) is 0. The van der Waals surface area contributed by atoms with E-state index in [4.69, 9.17) is 5.11 Å². The SMILES string of the molecule is CC.CCN(CC)c1ccc(/C(=C2/C=CC(=[N+](CC)CC)CC2)c2[c-]ccc(C)c2)cc1.CO.[CH3-].[Na+]. The fourth-order valence-electron chi connectivity index (χ4n) is 4.39. The van der Waals surface area contributed by atoms with Crippen molar-refractivity contribution >= 4 is 17.0 Å². The third kappa shape index (κ3) is 10.0. The van der Waals surface area contributed by atoms with Crippen LogP contribution in [0.2, 0.25) is 0 Å². The number of nitrogens with zero attached hydrogens (tertiary/aromatic N) is 2. The third-order valence-corrected chi connectivity index (χ3v) is 6.13. The van der Waals surface area contributed by atoms with Crippen LogP contribution in [0.1, 0.15) is 71.1 Å². The Morgan fingerprint density at radius 1 is 0.917 bits per heavy atom. The minimum atomic E-state index is 0. The molecule has 0 fully saturated rings. The topological polar surface area (TPSA) is 26.5 Å². The van der Waals surface area contributed by atoms with Gasteiger partial charge in [0.15, 0.2) is 5.71 Å². The van der Waals surface area contributed by atoms with Crippen LogP contribution in [-0.4, -0.2) is 48.7 Å². The van der Waals surface area contributed by atoms with Gasteiger partial charge in [0.2, 0.25) is 0 Å². The number of aliphatic hydroxyl groups excluding tert-OH is 1. The summed E-state index contributed by atoms with van der Waals surface area (Å²) in [4.78, 5) is 2.39. The Morgan fingerprint density at radius 2 is 1.50 bits per heavy atom. The summed E-state index contributed by atoms with van der Waals surface area (Å²) < 4.78 is 2.46. The van der Waals surface area contributed by atoms with Gasteiger partial charge in [0.1, 0.15) is 13.1 Å². The van der Waals surface area contributed by atoms with E-state index in [9.17, 15) is 0 Å². The summed E-state index contributed by atoms with van der Waals surface area (Å²) in [7, 11) is 1.00. The largest absolute Gasteiger partial charge is 1.00 e. The van der Waals surface area contributed by atoms with Crippen LogP contribution in [0.3, 0.4) is 0 Å². The van der Waals surface area contributed by atoms with Gasteiger partial charge in [0.25, 0.3) is 0 Å². The summed E-state index contributed by atoms with van der Waals surface area (Å²) in [5.41, 5.74) is 9.21. The van der Waals surface area contributed by atoms with Gasteiger partial charge < -0.3 is 17.4 Å². The van der Waals surface area contributed by atoms with Crippen molar-refractivity contribution in [2.45, 2.75) is 61.3 Å². The minimum absolute atomic E-state index is 0. The number of hydrogen-bond acceptors (Lipinski definition) is 2. The monoisotopic (exact) mass is 500 g/mol. The summed E-state index contributed by atoms with van der Waals surface area (Å²) >= 11 is 0. The van der Waals surface area contributed by atoms with Crippen LogP contribution in [0, 0.1) is 20.4 Å². The van der Waals surface area contributed by atoms with Crippen molar-refractivity contribution in [3.8, 4) is 0 Å². The van der Waals surface area contributed by atoms with Gasteiger partial charge in [-0.2, -0.15) is 0 Å². The zero-order valence-corrected chi connectivity index (χ0v) is 26.8. The van der Waals surface area contributed by atoms with Gasteiger partial charge in [0.05, 0.1) is 0 Å². The first-order valence-corrected chi connectivity index (χ1v) is 12.9. The molecule has 3 rings (SSSR count). The van der Waals surface area contributed by atoms with Crippen LogP contribution >= 0.6 is 0 Å². The molecule has 1 aliphatic rings. The molecule has 0 radical (unpaired) electrons. The molecule has 2 aromatic rings. The van der Waals surface area contributed by atoms with Crippen LogP contribution in [0.5, 0.6) is 0 Å². The number of allylic oxidation sites excluding steroid dienone is 3. The zero-order valence-electron chi connectivity index (χ0n) is 24.8. The van der Waals surface area contributed by atoms with Crippen molar-refractivity contribution in [1.82, 2.24) is 0 Å². The molecule has 36 heavy (non-hydrogen) atoms. The molecule has 0 amide bonds. The fraction of sp³-hybridized carbons (Fsp3) is 0.438. The summed E-state index contributed by atoms with van der Waals surface area (Å²) in [6, 6.07) is 19.0. The van der Waals surface area contributed by atoms with Crippen LogP contribution in [0.15, 0.2) is 60.2 Å². The summed E-state index contributed by atoms with van der Waals surface area (Å²) in [6.45, 7) is 19.3. The maximum absolute atomic E-state index is 7.00. The van der Waals surface area contributed by atoms with Gasteiger partial charge >= 0.3 is 29.6 Å². The molecule has 0 saturated carbocycles. The molecule has 194 valence electrons. The van der Waals surface area contributed by atoms with Crippen molar-refractivity contribution in [2.75, 3.05) is 38.2 Å². The number of rotatable bonds is 7. The van der Waals surface area contributed by atoms with Gasteiger partial charge in [-0.3, -0.25) is 0 Å². The van der Waals surface area contributed by atoms with Crippen molar-refractivity contribution in [1.29, 1.82) is 0 Å². The van der Waals surface area contributed by atoms with E-state index in [0.29, 0.717) is 0 Å². The maximum atomic E-state index is 7.00. The minimum Gasteiger partial charge on any atom is -0.400 e. The molecular formula is C32H49N2NaO. The van der Waals surface area contributed by atoms with Crippen LogP contribution in [0.25, 0.3) is 5.57 Å². The number of benzene rings is 2. The second kappa shape index (κ2) is 20.4. The third-order valence-electron chi connectivity index (χ3n) is 6.13. The molecule has 0 aromatic heterocycles. The number of hydrogen-bond donors (Lipinski definition) is 1. The van der Waals surface area contributed by atoms with E-state index in [-0.39, 0.29) is 37.0 Å². The molecule has 0 bridgehead atoms. The molecule has 0 aliphatic heterocycles. The van der Waals surface area contributed by atoms with Crippen LogP contribution in [0.4, 0.5) is 5.69 Å². The molecule has 1 N–H and O–H groups in total. The Labute approximate surface area is 244 Å². The smallest absolute Gasteiger partial charge is 0.400 e. The average Bonchev–Trinajstić information content (AvgIpc) is 2.90. The van der Waals surface area contributed by atoms with Crippen molar-refractivity contribution in [2.24, 2.45) is 0 Å². The molecule has 3 nitrogen and oxygen atoms in total. The van der Waals surface area contributed by atoms with E-state index in [2.05, 4.69) is 105 Å². The normalized spacial score (nSPS) is 13.1. The van der Waals surface area contributed by atoms with Gasteiger partial charge in [0, 0.05) is 38.4 Å². The van der Waals surface area contributed by atoms with Crippen molar-refractivity contribution < 1.29 is 39.2 Å². The molecule has 0 atom stereocenters. The van der Waals surface area contributed by atoms with Crippen molar-refractivity contribution in [3.63, 3.8) is 0 Å². The molecule has 0 unspecified atom stereocenters. The van der Waals surface area contributed by atoms with E-state index in [1.54, 1.807) is 0 Å². The molecule has 0 heterocycles.